The van der Waals surface area contributed by atoms with Crippen molar-refractivity contribution in [1.82, 2.24) is 0 Å². The van der Waals surface area contributed by atoms with Crippen molar-refractivity contribution in [2.75, 3.05) is 23.3 Å². The number of hydrogen-bond donors (Lipinski definition) is 2. The van der Waals surface area contributed by atoms with Gasteiger partial charge in [-0.25, -0.2) is 13.8 Å². The van der Waals surface area contributed by atoms with Gasteiger partial charge in [-0.2, -0.15) is 0 Å². The fourth-order valence-corrected chi connectivity index (χ4v) is 5.71. The third-order valence-corrected chi connectivity index (χ3v) is 7.77. The molecular formula is C34H38N2O9S. The average Bonchev–Trinajstić information content (AvgIpc) is 3.34. The van der Waals surface area contributed by atoms with E-state index in [0.29, 0.717) is 33.7 Å². The molecule has 0 spiro atoms. The SMILES string of the molecule is COC(=O)COc1cccc2oc(C(=O)Nc3ccc(-c4ccc(N(C(C(=O)OC(C)(C)C)C(C)C)S(=O)O)cc4)cc3)c(C)c12. The smallest absolute Gasteiger partial charge is 0.343 e. The Labute approximate surface area is 270 Å². The van der Waals surface area contributed by atoms with Crippen molar-refractivity contribution in [3.05, 3.63) is 78.1 Å². The van der Waals surface area contributed by atoms with E-state index in [1.54, 1.807) is 96.1 Å². The molecule has 11 nitrogen and oxygen atoms in total. The van der Waals surface area contributed by atoms with Gasteiger partial charge in [0.15, 0.2) is 12.4 Å². The molecule has 4 rings (SSSR count). The Kier molecular flexibility index (Phi) is 10.5. The molecule has 12 heteroatoms. The zero-order valence-electron chi connectivity index (χ0n) is 26.8. The van der Waals surface area contributed by atoms with E-state index < -0.39 is 40.8 Å². The van der Waals surface area contributed by atoms with Gasteiger partial charge in [-0.1, -0.05) is 44.2 Å². The van der Waals surface area contributed by atoms with Crippen LogP contribution in [0.15, 0.2) is 71.1 Å². The van der Waals surface area contributed by atoms with Gasteiger partial charge in [0.25, 0.3) is 17.2 Å². The maximum atomic E-state index is 13.2. The first-order chi connectivity index (χ1) is 21.7. The highest BCUT2D eigenvalue weighted by Crippen LogP contribution is 2.34. The third kappa shape index (κ3) is 7.93. The summed E-state index contributed by atoms with van der Waals surface area (Å²) in [6.45, 7) is 10.3. The van der Waals surface area contributed by atoms with Gasteiger partial charge >= 0.3 is 11.9 Å². The molecule has 2 N–H and O–H groups in total. The summed E-state index contributed by atoms with van der Waals surface area (Å²) in [4.78, 5) is 37.7. The van der Waals surface area contributed by atoms with Crippen LogP contribution in [0.3, 0.4) is 0 Å². The molecule has 1 aromatic heterocycles. The van der Waals surface area contributed by atoms with Crippen molar-refractivity contribution < 1.29 is 41.8 Å². The lowest BCUT2D eigenvalue weighted by atomic mass is 10.0. The number of hydrogen-bond acceptors (Lipinski definition) is 8. The quantitative estimate of drug-likeness (QED) is 0.137. The minimum absolute atomic E-state index is 0.112. The average molecular weight is 651 g/mol. The van der Waals surface area contributed by atoms with E-state index in [4.69, 9.17) is 13.9 Å². The van der Waals surface area contributed by atoms with E-state index in [2.05, 4.69) is 10.1 Å². The summed E-state index contributed by atoms with van der Waals surface area (Å²) in [5.41, 5.74) is 2.83. The summed E-state index contributed by atoms with van der Waals surface area (Å²) in [5, 5.41) is 3.43. The molecule has 1 amide bonds. The number of nitrogens with zero attached hydrogens (tertiary/aromatic N) is 1. The predicted octanol–water partition coefficient (Wildman–Crippen LogP) is 6.52. The number of fused-ring (bicyclic) bond motifs is 1. The molecule has 0 aliphatic carbocycles. The van der Waals surface area contributed by atoms with Crippen LogP contribution in [-0.2, 0) is 30.3 Å². The van der Waals surface area contributed by atoms with Crippen LogP contribution in [0.2, 0.25) is 0 Å². The number of rotatable bonds is 11. The Bertz CT molecular complexity index is 1740. The predicted molar refractivity (Wildman–Crippen MR) is 176 cm³/mol. The molecule has 0 saturated heterocycles. The van der Waals surface area contributed by atoms with E-state index in [1.807, 2.05) is 12.1 Å². The molecule has 0 bridgehead atoms. The summed E-state index contributed by atoms with van der Waals surface area (Å²) >= 11 is -2.48. The molecule has 0 saturated carbocycles. The molecule has 0 radical (unpaired) electrons. The molecule has 1 heterocycles. The van der Waals surface area contributed by atoms with E-state index in [-0.39, 0.29) is 18.3 Å². The number of furan rings is 1. The largest absolute Gasteiger partial charge is 0.481 e. The number of benzene rings is 3. The molecule has 2 unspecified atom stereocenters. The molecule has 46 heavy (non-hydrogen) atoms. The van der Waals surface area contributed by atoms with Gasteiger partial charge in [-0.05, 0) is 81.1 Å². The lowest BCUT2D eigenvalue weighted by Gasteiger charge is -2.33. The normalized spacial score (nSPS) is 12.8. The number of esters is 2. The first kappa shape index (κ1) is 34.2. The number of aryl methyl sites for hydroxylation is 1. The molecule has 0 fully saturated rings. The van der Waals surface area contributed by atoms with Gasteiger partial charge in [-0.3, -0.25) is 13.7 Å². The second-order valence-electron chi connectivity index (χ2n) is 11.9. The van der Waals surface area contributed by atoms with Gasteiger partial charge in [0, 0.05) is 11.3 Å². The molecule has 3 aromatic carbocycles. The van der Waals surface area contributed by atoms with Gasteiger partial charge in [0.05, 0.1) is 18.2 Å². The zero-order valence-corrected chi connectivity index (χ0v) is 27.6. The van der Waals surface area contributed by atoms with Crippen LogP contribution in [-0.4, -0.2) is 52.0 Å². The summed E-state index contributed by atoms with van der Waals surface area (Å²) in [6.07, 6.45) is 0. The standard InChI is InChI=1S/C34H38N2O9S/c1-20(2)30(33(39)45-34(4,5)6)36(46(40)41)25-17-13-23(14-18-25)22-11-15-24(16-12-22)35-32(38)31-21(3)29-26(43-19-28(37)42-7)9-8-10-27(29)44-31/h8-18,20,30H,19H2,1-7H3,(H,35,38)(H,40,41). The molecular weight excluding hydrogens is 612 g/mol. The third-order valence-electron chi connectivity index (χ3n) is 6.99. The van der Waals surface area contributed by atoms with Gasteiger partial charge in [0.1, 0.15) is 23.0 Å². The first-order valence-corrected chi connectivity index (χ1v) is 15.6. The Balaban J connectivity index is 1.50. The van der Waals surface area contributed by atoms with Crippen LogP contribution in [0, 0.1) is 12.8 Å². The van der Waals surface area contributed by atoms with Crippen LogP contribution in [0.1, 0.15) is 50.7 Å². The van der Waals surface area contributed by atoms with E-state index in [1.165, 1.54) is 7.11 Å². The molecule has 4 aromatic rings. The number of methoxy groups -OCH3 is 1. The van der Waals surface area contributed by atoms with E-state index in [0.717, 1.165) is 15.4 Å². The molecule has 2 atom stereocenters. The molecule has 244 valence electrons. The highest BCUT2D eigenvalue weighted by molar-refractivity contribution is 7.80. The summed E-state index contributed by atoms with van der Waals surface area (Å²) < 4.78 is 45.3. The van der Waals surface area contributed by atoms with Crippen molar-refractivity contribution in [3.8, 4) is 16.9 Å². The topological polar surface area (TPSA) is 145 Å². The lowest BCUT2D eigenvalue weighted by Crippen LogP contribution is -2.48. The Hall–Kier alpha value is -4.68. The van der Waals surface area contributed by atoms with Crippen LogP contribution in [0.5, 0.6) is 5.75 Å². The van der Waals surface area contributed by atoms with Crippen LogP contribution in [0.25, 0.3) is 22.1 Å². The summed E-state index contributed by atoms with van der Waals surface area (Å²) in [6, 6.07) is 18.2. The fourth-order valence-electron chi connectivity index (χ4n) is 4.88. The van der Waals surface area contributed by atoms with Crippen molar-refractivity contribution >= 4 is 51.5 Å². The molecule has 0 aliphatic heterocycles. The Morgan fingerprint density at radius 1 is 0.978 bits per heavy atom. The highest BCUT2D eigenvalue weighted by Gasteiger charge is 2.36. The maximum absolute atomic E-state index is 13.2. The van der Waals surface area contributed by atoms with Crippen LogP contribution >= 0.6 is 0 Å². The number of amides is 1. The lowest BCUT2D eigenvalue weighted by molar-refractivity contribution is -0.157. The van der Waals surface area contributed by atoms with E-state index in [9.17, 15) is 23.1 Å². The first-order valence-electron chi connectivity index (χ1n) is 14.6. The maximum Gasteiger partial charge on any atom is 0.343 e. The number of ether oxygens (including phenoxy) is 3. The molecule has 0 aliphatic rings. The Morgan fingerprint density at radius 3 is 2.13 bits per heavy atom. The van der Waals surface area contributed by atoms with Gasteiger partial charge < -0.3 is 23.9 Å². The van der Waals surface area contributed by atoms with Gasteiger partial charge in [-0.15, -0.1) is 0 Å². The number of nitrogens with one attached hydrogen (secondary N) is 1. The van der Waals surface area contributed by atoms with Crippen LogP contribution < -0.4 is 14.4 Å². The second kappa shape index (κ2) is 14.2. The fraction of sp³-hybridized carbons (Fsp3) is 0.324. The monoisotopic (exact) mass is 650 g/mol. The highest BCUT2D eigenvalue weighted by atomic mass is 32.2. The minimum atomic E-state index is -2.48. The van der Waals surface area contributed by atoms with E-state index >= 15 is 0 Å². The summed E-state index contributed by atoms with van der Waals surface area (Å²) in [7, 11) is 1.27. The minimum Gasteiger partial charge on any atom is -0.481 e. The van der Waals surface area contributed by atoms with Gasteiger partial charge in [0.2, 0.25) is 0 Å². The number of carbonyl (C=O) groups is 3. The second-order valence-corrected chi connectivity index (χ2v) is 12.8. The number of carbonyl (C=O) groups excluding carboxylic acids is 3. The Morgan fingerprint density at radius 2 is 1.59 bits per heavy atom. The number of anilines is 2. The van der Waals surface area contributed by atoms with Crippen molar-refractivity contribution in [1.29, 1.82) is 0 Å². The van der Waals surface area contributed by atoms with Crippen molar-refractivity contribution in [2.24, 2.45) is 5.92 Å². The van der Waals surface area contributed by atoms with Crippen LogP contribution in [0.4, 0.5) is 11.4 Å². The van der Waals surface area contributed by atoms with Crippen molar-refractivity contribution in [2.45, 2.75) is 53.2 Å². The zero-order chi connectivity index (χ0) is 33.8. The van der Waals surface area contributed by atoms with Crippen molar-refractivity contribution in [3.63, 3.8) is 0 Å². The summed E-state index contributed by atoms with van der Waals surface area (Å²) in [5.74, 6) is -1.36.